The van der Waals surface area contributed by atoms with Crippen LogP contribution < -0.4 is 5.73 Å². The molecule has 0 aliphatic heterocycles. The molecule has 0 aliphatic rings. The van der Waals surface area contributed by atoms with Crippen molar-refractivity contribution in [3.63, 3.8) is 0 Å². The molecule has 0 unspecified atom stereocenters. The molecule has 0 fully saturated rings. The van der Waals surface area contributed by atoms with E-state index in [-0.39, 0.29) is 0 Å². The fourth-order valence-electron chi connectivity index (χ4n) is 1.34. The van der Waals surface area contributed by atoms with Gasteiger partial charge in [-0.25, -0.2) is 0 Å². The van der Waals surface area contributed by atoms with Crippen LogP contribution in [0.15, 0.2) is 24.7 Å². The maximum absolute atomic E-state index is 5.57. The fraction of sp³-hybridized carbons (Fsp3) is 0.300. The van der Waals surface area contributed by atoms with E-state index in [9.17, 15) is 0 Å². The van der Waals surface area contributed by atoms with Gasteiger partial charge >= 0.3 is 0 Å². The van der Waals surface area contributed by atoms with E-state index >= 15 is 0 Å². The van der Waals surface area contributed by atoms with Crippen LogP contribution in [0.5, 0.6) is 0 Å². The average molecular weight is 203 g/mol. The first-order valence-corrected chi connectivity index (χ1v) is 4.80. The summed E-state index contributed by atoms with van der Waals surface area (Å²) in [5, 5.41) is 7.93. The smallest absolute Gasteiger partial charge is 0.182 e. The van der Waals surface area contributed by atoms with Crippen molar-refractivity contribution in [3.05, 3.63) is 24.7 Å². The number of anilines is 1. The topological polar surface area (TPSA) is 69.6 Å². The lowest BCUT2D eigenvalue weighted by molar-refractivity contribution is 0.603. The molecule has 0 saturated heterocycles. The molecule has 2 N–H and O–H groups in total. The lowest BCUT2D eigenvalue weighted by Gasteiger charge is -2.09. The number of nitrogens with two attached hydrogens (primary N) is 1. The zero-order valence-electron chi connectivity index (χ0n) is 8.75. The molecule has 0 amide bonds. The molecule has 0 bridgehead atoms. The highest BCUT2D eigenvalue weighted by molar-refractivity contribution is 5.52. The maximum atomic E-state index is 5.57. The quantitative estimate of drug-likeness (QED) is 0.803. The zero-order chi connectivity index (χ0) is 10.8. The summed E-state index contributed by atoms with van der Waals surface area (Å²) in [6, 6.07) is 3.97. The normalized spacial score (nSPS) is 10.9. The number of aromatic nitrogens is 4. The third-order valence-electron chi connectivity index (χ3n) is 2.14. The van der Waals surface area contributed by atoms with E-state index in [4.69, 9.17) is 5.73 Å². The van der Waals surface area contributed by atoms with E-state index in [0.29, 0.717) is 11.7 Å². The Morgan fingerprint density at radius 3 is 2.73 bits per heavy atom. The lowest BCUT2D eigenvalue weighted by atomic mass is 10.3. The van der Waals surface area contributed by atoms with Crippen LogP contribution in [0.1, 0.15) is 19.9 Å². The molecule has 0 aliphatic carbocycles. The van der Waals surface area contributed by atoms with Crippen molar-refractivity contribution >= 4 is 5.69 Å². The highest BCUT2D eigenvalue weighted by atomic mass is 15.3. The highest BCUT2D eigenvalue weighted by Gasteiger charge is 2.10. The predicted molar refractivity (Wildman–Crippen MR) is 58.1 cm³/mol. The second kappa shape index (κ2) is 3.68. The van der Waals surface area contributed by atoms with Gasteiger partial charge in [0.25, 0.3) is 0 Å². The Hall–Kier alpha value is -1.91. The second-order valence-electron chi connectivity index (χ2n) is 3.63. The van der Waals surface area contributed by atoms with Gasteiger partial charge in [-0.05, 0) is 26.0 Å². The highest BCUT2D eigenvalue weighted by Crippen LogP contribution is 2.18. The van der Waals surface area contributed by atoms with Crippen LogP contribution in [0.4, 0.5) is 5.69 Å². The van der Waals surface area contributed by atoms with Crippen molar-refractivity contribution in [2.75, 3.05) is 5.73 Å². The van der Waals surface area contributed by atoms with Gasteiger partial charge in [0.1, 0.15) is 12.0 Å². The number of hydrogen-bond acceptors (Lipinski definition) is 4. The van der Waals surface area contributed by atoms with Gasteiger partial charge < -0.3 is 10.3 Å². The zero-order valence-corrected chi connectivity index (χ0v) is 8.75. The summed E-state index contributed by atoms with van der Waals surface area (Å²) in [5.41, 5.74) is 7.01. The summed E-state index contributed by atoms with van der Waals surface area (Å²) in [4.78, 5) is 4.22. The molecule has 5 nitrogen and oxygen atoms in total. The van der Waals surface area contributed by atoms with E-state index < -0.39 is 0 Å². The average Bonchev–Trinajstić information content (AvgIpc) is 2.67. The summed E-state index contributed by atoms with van der Waals surface area (Å²) in [5.74, 6) is 0.769. The Morgan fingerprint density at radius 1 is 1.33 bits per heavy atom. The predicted octanol–water partition coefficient (Wildman–Crippen LogP) is 1.50. The van der Waals surface area contributed by atoms with E-state index in [1.165, 1.54) is 0 Å². The van der Waals surface area contributed by atoms with Crippen molar-refractivity contribution < 1.29 is 0 Å². The van der Waals surface area contributed by atoms with Crippen LogP contribution in [0.3, 0.4) is 0 Å². The van der Waals surface area contributed by atoms with Crippen LogP contribution in [0.2, 0.25) is 0 Å². The molecule has 0 radical (unpaired) electrons. The van der Waals surface area contributed by atoms with E-state index in [1.54, 1.807) is 12.5 Å². The number of pyridine rings is 1. The Labute approximate surface area is 88.0 Å². The molecule has 2 heterocycles. The van der Waals surface area contributed by atoms with Crippen LogP contribution in [-0.4, -0.2) is 19.7 Å². The minimum Gasteiger partial charge on any atom is -0.397 e. The molecule has 2 aromatic rings. The maximum Gasteiger partial charge on any atom is 0.182 e. The van der Waals surface area contributed by atoms with Gasteiger partial charge in [-0.1, -0.05) is 0 Å². The van der Waals surface area contributed by atoms with E-state index in [0.717, 1.165) is 11.5 Å². The van der Waals surface area contributed by atoms with Crippen molar-refractivity contribution in [1.29, 1.82) is 0 Å². The van der Waals surface area contributed by atoms with Crippen LogP contribution in [0, 0.1) is 0 Å². The summed E-state index contributed by atoms with van der Waals surface area (Å²) in [6.45, 7) is 4.15. The van der Waals surface area contributed by atoms with Crippen molar-refractivity contribution in [2.24, 2.45) is 0 Å². The summed E-state index contributed by atoms with van der Waals surface area (Å²) >= 11 is 0. The molecule has 5 heteroatoms. The first kappa shape index (κ1) is 9.64. The molecule has 0 spiro atoms. The van der Waals surface area contributed by atoms with E-state index in [1.807, 2.05) is 16.7 Å². The van der Waals surface area contributed by atoms with Gasteiger partial charge in [-0.15, -0.1) is 10.2 Å². The third-order valence-corrected chi connectivity index (χ3v) is 2.14. The molecule has 0 aromatic carbocycles. The first-order chi connectivity index (χ1) is 7.18. The molecule has 15 heavy (non-hydrogen) atoms. The largest absolute Gasteiger partial charge is 0.397 e. The van der Waals surface area contributed by atoms with Gasteiger partial charge in [-0.3, -0.25) is 4.98 Å². The Bertz CT molecular complexity index is 443. The Balaban J connectivity index is 2.45. The molecular weight excluding hydrogens is 190 g/mol. The van der Waals surface area contributed by atoms with Crippen molar-refractivity contribution in [1.82, 2.24) is 19.7 Å². The van der Waals surface area contributed by atoms with Gasteiger partial charge in [-0.2, -0.15) is 0 Å². The molecule has 0 atom stereocenters. The van der Waals surface area contributed by atoms with Gasteiger partial charge in [0.05, 0.1) is 11.9 Å². The first-order valence-electron chi connectivity index (χ1n) is 4.80. The monoisotopic (exact) mass is 203 g/mol. The fourth-order valence-corrected chi connectivity index (χ4v) is 1.34. The molecular formula is C10H13N5. The third kappa shape index (κ3) is 1.81. The summed E-state index contributed by atoms with van der Waals surface area (Å²) < 4.78 is 1.97. The standard InChI is InChI=1S/C10H13N5/c1-7(2)15-6-13-14-10(15)9-4-3-8(11)5-12-9/h3-7H,11H2,1-2H3. The minimum absolute atomic E-state index is 0.314. The number of nitrogen functional groups attached to an aromatic ring is 1. The minimum atomic E-state index is 0.314. The summed E-state index contributed by atoms with van der Waals surface area (Å²) in [6.07, 6.45) is 3.33. The molecule has 2 aromatic heterocycles. The van der Waals surface area contributed by atoms with Gasteiger partial charge in [0, 0.05) is 6.04 Å². The van der Waals surface area contributed by atoms with Crippen molar-refractivity contribution in [3.8, 4) is 11.5 Å². The summed E-state index contributed by atoms with van der Waals surface area (Å²) in [7, 11) is 0. The SMILES string of the molecule is CC(C)n1cnnc1-c1ccc(N)cn1. The van der Waals surface area contributed by atoms with Gasteiger partial charge in [0.2, 0.25) is 0 Å². The van der Waals surface area contributed by atoms with Crippen molar-refractivity contribution in [2.45, 2.75) is 19.9 Å². The Kier molecular flexibility index (Phi) is 2.37. The number of hydrogen-bond donors (Lipinski definition) is 1. The number of rotatable bonds is 2. The van der Waals surface area contributed by atoms with Gasteiger partial charge in [0.15, 0.2) is 5.82 Å². The second-order valence-corrected chi connectivity index (χ2v) is 3.63. The molecule has 78 valence electrons. The Morgan fingerprint density at radius 2 is 2.13 bits per heavy atom. The van der Waals surface area contributed by atoms with E-state index in [2.05, 4.69) is 29.0 Å². The molecule has 2 rings (SSSR count). The van der Waals surface area contributed by atoms with Crippen LogP contribution >= 0.6 is 0 Å². The molecule has 0 saturated carbocycles. The van der Waals surface area contributed by atoms with Crippen LogP contribution in [0.25, 0.3) is 11.5 Å². The van der Waals surface area contributed by atoms with Crippen LogP contribution in [-0.2, 0) is 0 Å². The lowest BCUT2D eigenvalue weighted by Crippen LogP contribution is -2.02. The number of nitrogens with zero attached hydrogens (tertiary/aromatic N) is 4.